The van der Waals surface area contributed by atoms with Crippen LogP contribution in [0.3, 0.4) is 0 Å². The van der Waals surface area contributed by atoms with Crippen LogP contribution in [0.15, 0.2) is 24.3 Å². The summed E-state index contributed by atoms with van der Waals surface area (Å²) < 4.78 is 0. The Hall–Kier alpha value is -0.780. The molecule has 1 aliphatic carbocycles. The number of benzene rings is 1. The molecular formula is C19H30. The Balaban J connectivity index is 2.30. The highest BCUT2D eigenvalue weighted by molar-refractivity contribution is 5.37. The van der Waals surface area contributed by atoms with E-state index in [9.17, 15) is 0 Å². The van der Waals surface area contributed by atoms with E-state index in [2.05, 4.69) is 65.8 Å². The Labute approximate surface area is 119 Å². The highest BCUT2D eigenvalue weighted by Crippen LogP contribution is 2.53. The molecule has 0 saturated heterocycles. The van der Waals surface area contributed by atoms with Gasteiger partial charge in [0, 0.05) is 0 Å². The lowest BCUT2D eigenvalue weighted by Crippen LogP contribution is -2.25. The van der Waals surface area contributed by atoms with Gasteiger partial charge in [0.15, 0.2) is 0 Å². The molecule has 0 spiro atoms. The zero-order valence-corrected chi connectivity index (χ0v) is 13.6. The van der Waals surface area contributed by atoms with Gasteiger partial charge in [0.25, 0.3) is 0 Å². The van der Waals surface area contributed by atoms with Gasteiger partial charge in [-0.3, -0.25) is 0 Å². The van der Waals surface area contributed by atoms with E-state index in [4.69, 9.17) is 0 Å². The molecule has 0 unspecified atom stereocenters. The normalized spacial score (nSPS) is 18.1. The van der Waals surface area contributed by atoms with E-state index in [-0.39, 0.29) is 5.41 Å². The second-order valence-electron chi connectivity index (χ2n) is 7.84. The molecule has 0 heterocycles. The fourth-order valence-corrected chi connectivity index (χ4v) is 3.13. The van der Waals surface area contributed by atoms with E-state index in [1.165, 1.54) is 24.8 Å². The standard InChI is InChI=1S/C19H30/c1-14(2)13-19(10-11-19)17-9-7-8-16(12-17)18(5,6)15(3)4/h7-9,12,14-15H,10-11,13H2,1-6H3. The van der Waals surface area contributed by atoms with Crippen molar-refractivity contribution in [3.63, 3.8) is 0 Å². The van der Waals surface area contributed by atoms with Gasteiger partial charge in [-0.15, -0.1) is 0 Å². The number of hydrogen-bond donors (Lipinski definition) is 0. The van der Waals surface area contributed by atoms with Crippen LogP contribution in [0.2, 0.25) is 0 Å². The minimum atomic E-state index is 0.268. The van der Waals surface area contributed by atoms with Crippen LogP contribution >= 0.6 is 0 Å². The molecule has 106 valence electrons. The predicted molar refractivity (Wildman–Crippen MR) is 84.7 cm³/mol. The zero-order chi connectivity index (χ0) is 14.3. The van der Waals surface area contributed by atoms with Crippen LogP contribution in [0.1, 0.15) is 71.9 Å². The summed E-state index contributed by atoms with van der Waals surface area (Å²) in [5.74, 6) is 1.47. The molecule has 0 N–H and O–H groups in total. The van der Waals surface area contributed by atoms with Crippen molar-refractivity contribution in [1.29, 1.82) is 0 Å². The maximum Gasteiger partial charge on any atom is -0.00438 e. The Kier molecular flexibility index (Phi) is 3.82. The topological polar surface area (TPSA) is 0 Å². The summed E-state index contributed by atoms with van der Waals surface area (Å²) in [5.41, 5.74) is 3.88. The molecule has 0 nitrogen and oxygen atoms in total. The van der Waals surface area contributed by atoms with Gasteiger partial charge in [-0.05, 0) is 53.1 Å². The molecule has 1 aliphatic rings. The van der Waals surface area contributed by atoms with Gasteiger partial charge in [0.05, 0.1) is 0 Å². The molecule has 1 aromatic carbocycles. The van der Waals surface area contributed by atoms with E-state index in [0.717, 1.165) is 5.92 Å². The fraction of sp³-hybridized carbons (Fsp3) is 0.684. The summed E-state index contributed by atoms with van der Waals surface area (Å²) in [7, 11) is 0. The lowest BCUT2D eigenvalue weighted by molar-refractivity contribution is 0.371. The molecule has 1 saturated carbocycles. The maximum atomic E-state index is 2.50. The van der Waals surface area contributed by atoms with Crippen molar-refractivity contribution >= 4 is 0 Å². The second kappa shape index (κ2) is 4.96. The molecule has 19 heavy (non-hydrogen) atoms. The van der Waals surface area contributed by atoms with Crippen LogP contribution in [0.5, 0.6) is 0 Å². The summed E-state index contributed by atoms with van der Waals surface area (Å²) in [6.45, 7) is 14.1. The van der Waals surface area contributed by atoms with Crippen molar-refractivity contribution in [3.05, 3.63) is 35.4 Å². The molecule has 0 heteroatoms. The van der Waals surface area contributed by atoms with E-state index in [1.807, 2.05) is 0 Å². The Bertz CT molecular complexity index is 433. The van der Waals surface area contributed by atoms with E-state index >= 15 is 0 Å². The first kappa shape index (κ1) is 14.6. The Morgan fingerprint density at radius 3 is 2.21 bits per heavy atom. The Morgan fingerprint density at radius 2 is 1.74 bits per heavy atom. The van der Waals surface area contributed by atoms with Gasteiger partial charge >= 0.3 is 0 Å². The van der Waals surface area contributed by atoms with Crippen LogP contribution in [-0.2, 0) is 10.8 Å². The van der Waals surface area contributed by atoms with Crippen LogP contribution < -0.4 is 0 Å². The third-order valence-electron chi connectivity index (χ3n) is 5.31. The smallest absolute Gasteiger partial charge is 0.00438 e. The van der Waals surface area contributed by atoms with Crippen LogP contribution in [0.4, 0.5) is 0 Å². The SMILES string of the molecule is CC(C)CC1(c2cccc(C(C)(C)C(C)C)c2)CC1. The first-order chi connectivity index (χ1) is 8.78. The highest BCUT2D eigenvalue weighted by atomic mass is 14.5. The summed E-state index contributed by atoms with van der Waals surface area (Å²) in [4.78, 5) is 0. The largest absolute Gasteiger partial charge is 0.0627 e. The summed E-state index contributed by atoms with van der Waals surface area (Å²) in [5, 5.41) is 0. The average molecular weight is 258 g/mol. The van der Waals surface area contributed by atoms with E-state index in [0.29, 0.717) is 11.3 Å². The third-order valence-corrected chi connectivity index (χ3v) is 5.31. The summed E-state index contributed by atoms with van der Waals surface area (Å²) in [6, 6.07) is 9.44. The van der Waals surface area contributed by atoms with Crippen LogP contribution in [-0.4, -0.2) is 0 Å². The van der Waals surface area contributed by atoms with E-state index < -0.39 is 0 Å². The Morgan fingerprint density at radius 1 is 1.11 bits per heavy atom. The number of rotatable bonds is 5. The monoisotopic (exact) mass is 258 g/mol. The molecule has 0 atom stereocenters. The van der Waals surface area contributed by atoms with Crippen molar-refractivity contribution in [2.45, 2.75) is 71.6 Å². The fourth-order valence-electron chi connectivity index (χ4n) is 3.13. The van der Waals surface area contributed by atoms with Crippen molar-refractivity contribution in [2.24, 2.45) is 11.8 Å². The molecule has 0 radical (unpaired) electrons. The molecule has 0 aliphatic heterocycles. The van der Waals surface area contributed by atoms with Crippen molar-refractivity contribution in [3.8, 4) is 0 Å². The molecular weight excluding hydrogens is 228 g/mol. The number of hydrogen-bond acceptors (Lipinski definition) is 0. The van der Waals surface area contributed by atoms with Crippen molar-refractivity contribution in [2.75, 3.05) is 0 Å². The zero-order valence-electron chi connectivity index (χ0n) is 13.6. The second-order valence-corrected chi connectivity index (χ2v) is 7.84. The first-order valence-corrected chi connectivity index (χ1v) is 7.89. The van der Waals surface area contributed by atoms with Gasteiger partial charge in [-0.1, -0.05) is 65.8 Å². The molecule has 1 fully saturated rings. The summed E-state index contributed by atoms with van der Waals surface area (Å²) in [6.07, 6.45) is 4.12. The quantitative estimate of drug-likeness (QED) is 0.635. The maximum absolute atomic E-state index is 2.50. The van der Waals surface area contributed by atoms with Gasteiger partial charge < -0.3 is 0 Å². The summed E-state index contributed by atoms with van der Waals surface area (Å²) >= 11 is 0. The average Bonchev–Trinajstić information content (AvgIpc) is 3.09. The predicted octanol–water partition coefficient (Wildman–Crippen LogP) is 5.70. The first-order valence-electron chi connectivity index (χ1n) is 7.89. The van der Waals surface area contributed by atoms with Crippen LogP contribution in [0.25, 0.3) is 0 Å². The minimum absolute atomic E-state index is 0.268. The lowest BCUT2D eigenvalue weighted by atomic mass is 9.74. The van der Waals surface area contributed by atoms with Crippen LogP contribution in [0, 0.1) is 11.8 Å². The molecule has 0 bridgehead atoms. The molecule has 2 rings (SSSR count). The molecule has 0 aromatic heterocycles. The lowest BCUT2D eigenvalue weighted by Gasteiger charge is -2.31. The molecule has 0 amide bonds. The van der Waals surface area contributed by atoms with Gasteiger partial charge in [0.2, 0.25) is 0 Å². The van der Waals surface area contributed by atoms with Crippen molar-refractivity contribution in [1.82, 2.24) is 0 Å². The molecule has 1 aromatic rings. The van der Waals surface area contributed by atoms with Gasteiger partial charge in [-0.2, -0.15) is 0 Å². The third kappa shape index (κ3) is 2.88. The van der Waals surface area contributed by atoms with Gasteiger partial charge in [0.1, 0.15) is 0 Å². The van der Waals surface area contributed by atoms with Gasteiger partial charge in [-0.25, -0.2) is 0 Å². The van der Waals surface area contributed by atoms with E-state index in [1.54, 1.807) is 5.56 Å². The van der Waals surface area contributed by atoms with Crippen molar-refractivity contribution < 1.29 is 0 Å². The highest BCUT2D eigenvalue weighted by Gasteiger charge is 2.44. The minimum Gasteiger partial charge on any atom is -0.0627 e.